The minimum atomic E-state index is -0.681. The van der Waals surface area contributed by atoms with Crippen LogP contribution in [0.3, 0.4) is 0 Å². The predicted molar refractivity (Wildman–Crippen MR) is 76.5 cm³/mol. The number of carboxylic acids is 1. The van der Waals surface area contributed by atoms with Crippen LogP contribution < -0.4 is 5.32 Å². The van der Waals surface area contributed by atoms with Crippen molar-refractivity contribution >= 4 is 11.9 Å². The highest BCUT2D eigenvalue weighted by atomic mass is 16.5. The third-order valence-corrected chi connectivity index (χ3v) is 5.37. The van der Waals surface area contributed by atoms with Gasteiger partial charge in [-0.3, -0.25) is 9.59 Å². The van der Waals surface area contributed by atoms with Crippen LogP contribution in [0.5, 0.6) is 0 Å². The summed E-state index contributed by atoms with van der Waals surface area (Å²) in [5.74, 6) is -0.212. The molecule has 116 valence electrons. The number of aliphatic carboxylic acids is 1. The molecule has 5 nitrogen and oxygen atoms in total. The standard InChI is InChI=1S/C16H23NO4/c1-2-21-16(20)14-11-5-3-4-10(11)12-8-9(15(18)19)6-7-13(12)17-14/h3-4,9-14,17H,2,5-8H2,1H3,(H,18,19)/t9?,10-,11+,12?,13?,14-/m1/s1. The van der Waals surface area contributed by atoms with E-state index in [9.17, 15) is 14.7 Å². The third-order valence-electron chi connectivity index (χ3n) is 5.37. The molecule has 2 fully saturated rings. The van der Waals surface area contributed by atoms with E-state index in [1.807, 2.05) is 6.92 Å². The van der Waals surface area contributed by atoms with E-state index >= 15 is 0 Å². The second kappa shape index (κ2) is 5.79. The largest absolute Gasteiger partial charge is 0.481 e. The summed E-state index contributed by atoms with van der Waals surface area (Å²) in [7, 11) is 0. The molecule has 0 radical (unpaired) electrons. The Balaban J connectivity index is 1.77. The molecule has 2 aliphatic carbocycles. The van der Waals surface area contributed by atoms with Crippen LogP contribution in [0.4, 0.5) is 0 Å². The number of hydrogen-bond acceptors (Lipinski definition) is 4. The molecule has 0 aromatic heterocycles. The van der Waals surface area contributed by atoms with Gasteiger partial charge in [0.1, 0.15) is 6.04 Å². The molecule has 0 aromatic carbocycles. The Morgan fingerprint density at radius 1 is 1.33 bits per heavy atom. The monoisotopic (exact) mass is 293 g/mol. The van der Waals surface area contributed by atoms with E-state index in [1.165, 1.54) is 0 Å². The van der Waals surface area contributed by atoms with Gasteiger partial charge in [-0.1, -0.05) is 12.2 Å². The highest BCUT2D eigenvalue weighted by Gasteiger charge is 2.50. The van der Waals surface area contributed by atoms with E-state index in [1.54, 1.807) is 0 Å². The summed E-state index contributed by atoms with van der Waals surface area (Å²) >= 11 is 0. The molecule has 2 N–H and O–H groups in total. The molecule has 0 amide bonds. The van der Waals surface area contributed by atoms with Crippen molar-refractivity contribution in [1.29, 1.82) is 0 Å². The molecule has 0 spiro atoms. The first-order valence-corrected chi connectivity index (χ1v) is 7.94. The fourth-order valence-electron chi connectivity index (χ4n) is 4.40. The molecule has 5 heteroatoms. The van der Waals surface area contributed by atoms with E-state index in [2.05, 4.69) is 17.5 Å². The number of piperidine rings is 1. The number of carboxylic acid groups (broad SMARTS) is 1. The maximum atomic E-state index is 12.2. The number of hydrogen-bond donors (Lipinski definition) is 2. The summed E-state index contributed by atoms with van der Waals surface area (Å²) in [4.78, 5) is 23.4. The van der Waals surface area contributed by atoms with Gasteiger partial charge in [0, 0.05) is 6.04 Å². The van der Waals surface area contributed by atoms with Gasteiger partial charge >= 0.3 is 11.9 Å². The van der Waals surface area contributed by atoms with Gasteiger partial charge in [0.05, 0.1) is 12.5 Å². The molecular weight excluding hydrogens is 270 g/mol. The van der Waals surface area contributed by atoms with Gasteiger partial charge in [0.2, 0.25) is 0 Å². The van der Waals surface area contributed by atoms with Crippen LogP contribution in [-0.4, -0.2) is 35.7 Å². The van der Waals surface area contributed by atoms with Crippen LogP contribution in [0.2, 0.25) is 0 Å². The van der Waals surface area contributed by atoms with Gasteiger partial charge in [-0.25, -0.2) is 0 Å². The normalized spacial score (nSPS) is 41.2. The Bertz CT molecular complexity index is 461. The van der Waals surface area contributed by atoms with Crippen molar-refractivity contribution in [3.8, 4) is 0 Å². The number of esters is 1. The number of carbonyl (C=O) groups is 2. The number of ether oxygens (including phenoxy) is 1. The van der Waals surface area contributed by atoms with Crippen LogP contribution in [0.25, 0.3) is 0 Å². The van der Waals surface area contributed by atoms with Crippen LogP contribution in [0, 0.1) is 23.7 Å². The summed E-state index contributed by atoms with van der Waals surface area (Å²) in [5.41, 5.74) is 0. The molecule has 21 heavy (non-hydrogen) atoms. The Hall–Kier alpha value is -1.36. The minimum Gasteiger partial charge on any atom is -0.481 e. The molecule has 3 aliphatic rings. The van der Waals surface area contributed by atoms with Crippen molar-refractivity contribution in [1.82, 2.24) is 5.32 Å². The number of carbonyl (C=O) groups excluding carboxylic acids is 1. The fourth-order valence-corrected chi connectivity index (χ4v) is 4.40. The van der Waals surface area contributed by atoms with Crippen LogP contribution >= 0.6 is 0 Å². The van der Waals surface area contributed by atoms with Crippen molar-refractivity contribution in [3.05, 3.63) is 12.2 Å². The molecule has 0 aromatic rings. The second-order valence-corrected chi connectivity index (χ2v) is 6.42. The van der Waals surface area contributed by atoms with Crippen molar-refractivity contribution in [2.24, 2.45) is 23.7 Å². The lowest BCUT2D eigenvalue weighted by Gasteiger charge is -2.48. The van der Waals surface area contributed by atoms with E-state index < -0.39 is 5.97 Å². The fraction of sp³-hybridized carbons (Fsp3) is 0.750. The first-order chi connectivity index (χ1) is 10.1. The predicted octanol–water partition coefficient (Wildman–Crippen LogP) is 1.58. The summed E-state index contributed by atoms with van der Waals surface area (Å²) in [6.45, 7) is 2.23. The topological polar surface area (TPSA) is 75.6 Å². The van der Waals surface area contributed by atoms with Gasteiger partial charge in [0.25, 0.3) is 0 Å². The number of nitrogens with one attached hydrogen (secondary N) is 1. The summed E-state index contributed by atoms with van der Waals surface area (Å²) in [5, 5.41) is 12.7. The lowest BCUT2D eigenvalue weighted by atomic mass is 9.65. The minimum absolute atomic E-state index is 0.157. The Morgan fingerprint density at radius 3 is 2.86 bits per heavy atom. The molecule has 3 unspecified atom stereocenters. The zero-order valence-electron chi connectivity index (χ0n) is 12.3. The zero-order valence-corrected chi connectivity index (χ0v) is 12.3. The quantitative estimate of drug-likeness (QED) is 0.610. The molecule has 1 saturated carbocycles. The summed E-state index contributed by atoms with van der Waals surface area (Å²) in [6.07, 6.45) is 7.44. The average molecular weight is 293 g/mol. The average Bonchev–Trinajstić information content (AvgIpc) is 2.95. The first-order valence-electron chi connectivity index (χ1n) is 7.94. The van der Waals surface area contributed by atoms with E-state index in [0.29, 0.717) is 31.3 Å². The zero-order chi connectivity index (χ0) is 15.0. The molecule has 1 heterocycles. The molecule has 6 atom stereocenters. The molecule has 1 aliphatic heterocycles. The van der Waals surface area contributed by atoms with Crippen LogP contribution in [0.1, 0.15) is 32.6 Å². The third kappa shape index (κ3) is 2.59. The van der Waals surface area contributed by atoms with Crippen molar-refractivity contribution < 1.29 is 19.4 Å². The van der Waals surface area contributed by atoms with Gasteiger partial charge < -0.3 is 15.2 Å². The van der Waals surface area contributed by atoms with E-state index in [0.717, 1.165) is 12.8 Å². The Kier molecular flexibility index (Phi) is 4.02. The van der Waals surface area contributed by atoms with Gasteiger partial charge in [-0.15, -0.1) is 0 Å². The Labute approximate surface area is 124 Å². The van der Waals surface area contributed by atoms with Crippen molar-refractivity contribution in [2.45, 2.75) is 44.7 Å². The molecule has 1 saturated heterocycles. The van der Waals surface area contributed by atoms with Crippen LogP contribution in [-0.2, 0) is 14.3 Å². The maximum absolute atomic E-state index is 12.2. The van der Waals surface area contributed by atoms with E-state index in [4.69, 9.17) is 4.74 Å². The van der Waals surface area contributed by atoms with Crippen LogP contribution in [0.15, 0.2) is 12.2 Å². The Morgan fingerprint density at radius 2 is 2.14 bits per heavy atom. The summed E-state index contributed by atoms with van der Waals surface area (Å²) in [6, 6.07) is -0.00779. The van der Waals surface area contributed by atoms with E-state index in [-0.39, 0.29) is 29.9 Å². The molecule has 3 rings (SSSR count). The number of allylic oxidation sites excluding steroid dienone is 2. The smallest absolute Gasteiger partial charge is 0.323 e. The lowest BCUT2D eigenvalue weighted by Crippen LogP contribution is -2.60. The number of rotatable bonds is 3. The number of fused-ring (bicyclic) bond motifs is 3. The van der Waals surface area contributed by atoms with Crippen molar-refractivity contribution in [2.75, 3.05) is 6.61 Å². The van der Waals surface area contributed by atoms with Gasteiger partial charge in [-0.05, 0) is 50.4 Å². The molecular formula is C16H23NO4. The van der Waals surface area contributed by atoms with Gasteiger partial charge in [-0.2, -0.15) is 0 Å². The summed E-state index contributed by atoms with van der Waals surface area (Å²) < 4.78 is 5.21. The second-order valence-electron chi connectivity index (χ2n) is 6.42. The lowest BCUT2D eigenvalue weighted by molar-refractivity contribution is -0.152. The SMILES string of the molecule is CCOC(=O)[C@@H]1NC2CCC(C(=O)O)CC2[C@@H]2C=CC[C@H]12. The highest BCUT2D eigenvalue weighted by molar-refractivity contribution is 5.77. The maximum Gasteiger partial charge on any atom is 0.323 e. The first kappa shape index (κ1) is 14.6. The molecule has 0 bridgehead atoms. The van der Waals surface area contributed by atoms with Gasteiger partial charge in [0.15, 0.2) is 0 Å². The highest BCUT2D eigenvalue weighted by Crippen LogP contribution is 2.46. The van der Waals surface area contributed by atoms with Crippen molar-refractivity contribution in [3.63, 3.8) is 0 Å².